The van der Waals surface area contributed by atoms with E-state index >= 15 is 0 Å². The Kier molecular flexibility index (Phi) is 4.79. The van der Waals surface area contributed by atoms with Crippen LogP contribution >= 0.6 is 22.9 Å². The summed E-state index contributed by atoms with van der Waals surface area (Å²) in [6, 6.07) is 13.1. The quantitative estimate of drug-likeness (QED) is 0.738. The van der Waals surface area contributed by atoms with Crippen molar-refractivity contribution in [3.8, 4) is 5.75 Å². The lowest BCUT2D eigenvalue weighted by Gasteiger charge is -2.07. The van der Waals surface area contributed by atoms with E-state index in [1.54, 1.807) is 36.6 Å². The number of nitrogens with one attached hydrogen (secondary N) is 1. The molecule has 0 aliphatic rings. The van der Waals surface area contributed by atoms with Gasteiger partial charge in [-0.15, -0.1) is 11.3 Å². The predicted molar refractivity (Wildman–Crippen MR) is 94.6 cm³/mol. The van der Waals surface area contributed by atoms with E-state index in [-0.39, 0.29) is 5.91 Å². The van der Waals surface area contributed by atoms with Crippen molar-refractivity contribution in [2.45, 2.75) is 12.8 Å². The number of hydrogen-bond donors (Lipinski definition) is 1. The van der Waals surface area contributed by atoms with E-state index in [9.17, 15) is 4.79 Å². The number of carbonyl (C=O) groups excluding carboxylic acids is 1. The average molecular weight is 347 g/mol. The van der Waals surface area contributed by atoms with Crippen molar-refractivity contribution >= 4 is 44.7 Å². The molecule has 0 saturated carbocycles. The van der Waals surface area contributed by atoms with E-state index < -0.39 is 0 Å². The molecule has 1 N–H and O–H groups in total. The first-order chi connectivity index (χ1) is 11.2. The highest BCUT2D eigenvalue weighted by Crippen LogP contribution is 2.27. The van der Waals surface area contributed by atoms with Gasteiger partial charge in [-0.05, 0) is 30.3 Å². The monoisotopic (exact) mass is 346 g/mol. The second-order valence-corrected chi connectivity index (χ2v) is 6.50. The highest BCUT2D eigenvalue weighted by atomic mass is 35.5. The first-order valence-electron chi connectivity index (χ1n) is 7.13. The van der Waals surface area contributed by atoms with E-state index in [0.29, 0.717) is 29.3 Å². The molecular formula is C17H15ClN2O2S. The molecule has 0 aliphatic carbocycles. The van der Waals surface area contributed by atoms with Crippen molar-refractivity contribution in [1.29, 1.82) is 0 Å². The molecule has 1 heterocycles. The van der Waals surface area contributed by atoms with Crippen LogP contribution in [0.25, 0.3) is 10.2 Å². The summed E-state index contributed by atoms with van der Waals surface area (Å²) < 4.78 is 6.23. The maximum Gasteiger partial charge on any atom is 0.224 e. The molecule has 6 heteroatoms. The van der Waals surface area contributed by atoms with E-state index in [4.69, 9.17) is 16.3 Å². The number of amides is 1. The molecule has 3 rings (SSSR count). The number of nitrogens with zero attached hydrogens (tertiary/aromatic N) is 1. The van der Waals surface area contributed by atoms with Gasteiger partial charge in [0.15, 0.2) is 0 Å². The van der Waals surface area contributed by atoms with Gasteiger partial charge in [0.05, 0.1) is 27.4 Å². The van der Waals surface area contributed by atoms with Crippen LogP contribution in [-0.4, -0.2) is 18.0 Å². The van der Waals surface area contributed by atoms with E-state index in [1.165, 1.54) is 0 Å². The van der Waals surface area contributed by atoms with Crippen molar-refractivity contribution in [2.75, 3.05) is 12.4 Å². The van der Waals surface area contributed by atoms with Gasteiger partial charge in [0.1, 0.15) is 5.75 Å². The zero-order valence-corrected chi connectivity index (χ0v) is 14.1. The van der Waals surface area contributed by atoms with Gasteiger partial charge in [-0.2, -0.15) is 0 Å². The average Bonchev–Trinajstić information content (AvgIpc) is 2.96. The third kappa shape index (κ3) is 3.81. The van der Waals surface area contributed by atoms with E-state index in [1.807, 2.05) is 24.3 Å². The molecule has 118 valence electrons. The zero-order valence-electron chi connectivity index (χ0n) is 12.5. The van der Waals surface area contributed by atoms with Crippen LogP contribution in [0.2, 0.25) is 5.02 Å². The summed E-state index contributed by atoms with van der Waals surface area (Å²) in [5, 5.41) is 4.27. The maximum atomic E-state index is 12.1. The molecule has 0 radical (unpaired) electrons. The summed E-state index contributed by atoms with van der Waals surface area (Å²) in [4.78, 5) is 16.6. The highest BCUT2D eigenvalue weighted by molar-refractivity contribution is 7.18. The number of rotatable bonds is 5. The summed E-state index contributed by atoms with van der Waals surface area (Å²) in [6.07, 6.45) is 0.999. The van der Waals surface area contributed by atoms with Gasteiger partial charge in [-0.25, -0.2) is 4.98 Å². The van der Waals surface area contributed by atoms with Crippen LogP contribution in [0.5, 0.6) is 5.75 Å². The molecule has 0 saturated heterocycles. The molecule has 0 unspecified atom stereocenters. The fraction of sp³-hybridized carbons (Fsp3) is 0.176. The smallest absolute Gasteiger partial charge is 0.224 e. The Morgan fingerprint density at radius 1 is 1.30 bits per heavy atom. The summed E-state index contributed by atoms with van der Waals surface area (Å²) >= 11 is 7.67. The fourth-order valence-electron chi connectivity index (χ4n) is 2.21. The van der Waals surface area contributed by atoms with Crippen LogP contribution in [0, 0.1) is 0 Å². The largest absolute Gasteiger partial charge is 0.495 e. The van der Waals surface area contributed by atoms with Gasteiger partial charge in [0.2, 0.25) is 5.91 Å². The number of methoxy groups -OCH3 is 1. The van der Waals surface area contributed by atoms with Crippen LogP contribution in [0.15, 0.2) is 42.5 Å². The number of anilines is 1. The number of thiazole rings is 1. The van der Waals surface area contributed by atoms with Gasteiger partial charge in [0.25, 0.3) is 0 Å². The molecule has 2 aromatic carbocycles. The summed E-state index contributed by atoms with van der Waals surface area (Å²) in [6.45, 7) is 0. The summed E-state index contributed by atoms with van der Waals surface area (Å²) in [5.41, 5.74) is 1.64. The Bertz CT molecular complexity index is 814. The Labute approximate surface area is 143 Å². The molecule has 0 aliphatic heterocycles. The minimum absolute atomic E-state index is 0.0644. The number of para-hydroxylation sites is 1. The Morgan fingerprint density at radius 2 is 2.13 bits per heavy atom. The van der Waals surface area contributed by atoms with Gasteiger partial charge in [0, 0.05) is 18.5 Å². The second-order valence-electron chi connectivity index (χ2n) is 4.97. The molecule has 0 fully saturated rings. The number of aryl methyl sites for hydroxylation is 1. The molecule has 1 aromatic heterocycles. The first-order valence-corrected chi connectivity index (χ1v) is 8.33. The number of benzene rings is 2. The maximum absolute atomic E-state index is 12.1. The summed E-state index contributed by atoms with van der Waals surface area (Å²) in [7, 11) is 1.55. The van der Waals surface area contributed by atoms with E-state index in [2.05, 4.69) is 10.3 Å². The molecule has 0 bridgehead atoms. The third-order valence-corrected chi connectivity index (χ3v) is 4.73. The minimum Gasteiger partial charge on any atom is -0.495 e. The Hall–Kier alpha value is -2.11. The number of aromatic nitrogens is 1. The second kappa shape index (κ2) is 6.98. The number of carbonyl (C=O) groups is 1. The zero-order chi connectivity index (χ0) is 16.2. The number of fused-ring (bicyclic) bond motifs is 1. The Balaban J connectivity index is 1.60. The fourth-order valence-corrected chi connectivity index (χ4v) is 3.44. The van der Waals surface area contributed by atoms with Crippen LogP contribution < -0.4 is 10.1 Å². The first kappa shape index (κ1) is 15.8. The predicted octanol–water partition coefficient (Wildman–Crippen LogP) is 4.53. The number of ether oxygens (including phenoxy) is 1. The van der Waals surface area contributed by atoms with Gasteiger partial charge >= 0.3 is 0 Å². The van der Waals surface area contributed by atoms with Crippen LogP contribution in [0.4, 0.5) is 5.69 Å². The van der Waals surface area contributed by atoms with Gasteiger partial charge < -0.3 is 10.1 Å². The van der Waals surface area contributed by atoms with Crippen molar-refractivity contribution in [3.63, 3.8) is 0 Å². The lowest BCUT2D eigenvalue weighted by atomic mass is 10.2. The molecule has 23 heavy (non-hydrogen) atoms. The Morgan fingerprint density at radius 3 is 2.87 bits per heavy atom. The van der Waals surface area contributed by atoms with Crippen molar-refractivity contribution in [1.82, 2.24) is 4.98 Å². The SMILES string of the molecule is COc1ccc(NC(=O)CCc2nc3ccccc3s2)cc1Cl. The van der Waals surface area contributed by atoms with Crippen molar-refractivity contribution in [2.24, 2.45) is 0 Å². The molecular weight excluding hydrogens is 332 g/mol. The van der Waals surface area contributed by atoms with Crippen LogP contribution in [0.1, 0.15) is 11.4 Å². The number of hydrogen-bond acceptors (Lipinski definition) is 4. The van der Waals surface area contributed by atoms with Crippen LogP contribution in [0.3, 0.4) is 0 Å². The molecule has 3 aromatic rings. The minimum atomic E-state index is -0.0644. The lowest BCUT2D eigenvalue weighted by Crippen LogP contribution is -2.12. The lowest BCUT2D eigenvalue weighted by molar-refractivity contribution is -0.116. The van der Waals surface area contributed by atoms with Crippen molar-refractivity contribution in [3.05, 3.63) is 52.5 Å². The normalized spacial score (nSPS) is 10.7. The van der Waals surface area contributed by atoms with Gasteiger partial charge in [-0.3, -0.25) is 4.79 Å². The highest BCUT2D eigenvalue weighted by Gasteiger charge is 2.08. The molecule has 4 nitrogen and oxygen atoms in total. The number of halogens is 1. The van der Waals surface area contributed by atoms with Crippen LogP contribution in [-0.2, 0) is 11.2 Å². The third-order valence-electron chi connectivity index (χ3n) is 3.34. The molecule has 0 atom stereocenters. The van der Waals surface area contributed by atoms with E-state index in [0.717, 1.165) is 15.2 Å². The molecule has 0 spiro atoms. The summed E-state index contributed by atoms with van der Waals surface area (Å²) in [5.74, 6) is 0.518. The standard InChI is InChI=1S/C17H15ClN2O2S/c1-22-14-7-6-11(10-12(14)18)19-16(21)8-9-17-20-13-4-2-3-5-15(13)23-17/h2-7,10H,8-9H2,1H3,(H,19,21). The van der Waals surface area contributed by atoms with Crippen molar-refractivity contribution < 1.29 is 9.53 Å². The topological polar surface area (TPSA) is 51.2 Å². The molecule has 1 amide bonds. The van der Waals surface area contributed by atoms with Gasteiger partial charge in [-0.1, -0.05) is 23.7 Å².